The predicted octanol–water partition coefficient (Wildman–Crippen LogP) is -2.06. The van der Waals surface area contributed by atoms with Gasteiger partial charge in [-0.05, 0) is 119 Å². The minimum Gasteiger partial charge on any atom is -0.508 e. The maximum atomic E-state index is 14.2. The molecule has 0 radical (unpaired) electrons. The largest absolute Gasteiger partial charge is 0.508 e. The van der Waals surface area contributed by atoms with Crippen molar-refractivity contribution in [2.45, 2.75) is 81.6 Å². The van der Waals surface area contributed by atoms with Crippen molar-refractivity contribution in [1.29, 1.82) is 0 Å². The van der Waals surface area contributed by atoms with Gasteiger partial charge in [-0.2, -0.15) is 0 Å². The number of carbonyl (C=O) groups excluding carboxylic acids is 5. The standard InChI is InChI=1S/C37H58N10O7/c1-41-16-5-8-28-35(52)47-30(37(54)46-27(7-4-14-39)34(51)44-26(6-3-13-38)33(50)43-17-15-40)21-25-19-23(10-12-32(25)49)22-9-11-31(48)24(18-22)20-29(42-2)36(53)45-28/h9-12,18-19,26-30,41-42,48-49H,3-8,13-17,20-21,38-40H2,1-2H3,(H,43,50)(H,44,51)(H,45,53)(H,46,54)(H,47,52)/t26-,27-,28-,29-,30-/m0/s1. The molecule has 5 atom stereocenters. The van der Waals surface area contributed by atoms with E-state index < -0.39 is 59.7 Å². The van der Waals surface area contributed by atoms with E-state index in [4.69, 9.17) is 17.2 Å². The Labute approximate surface area is 316 Å². The van der Waals surface area contributed by atoms with E-state index in [2.05, 4.69) is 37.2 Å². The summed E-state index contributed by atoms with van der Waals surface area (Å²) < 4.78 is 0. The second-order valence-electron chi connectivity index (χ2n) is 13.4. The fourth-order valence-corrected chi connectivity index (χ4v) is 6.17. The van der Waals surface area contributed by atoms with Gasteiger partial charge >= 0.3 is 0 Å². The number of likely N-dealkylation sites (N-methyl/N-ethyl adjacent to an activating group) is 1. The van der Waals surface area contributed by atoms with Gasteiger partial charge in [0.15, 0.2) is 0 Å². The van der Waals surface area contributed by atoms with Crippen LogP contribution in [0.15, 0.2) is 36.4 Å². The van der Waals surface area contributed by atoms with E-state index in [1.54, 1.807) is 38.4 Å². The number of nitrogens with one attached hydrogen (secondary N) is 7. The van der Waals surface area contributed by atoms with Gasteiger partial charge in [0.25, 0.3) is 0 Å². The molecule has 3 rings (SSSR count). The molecule has 0 saturated carbocycles. The summed E-state index contributed by atoms with van der Waals surface area (Å²) in [5.74, 6) is -3.08. The average molecular weight is 755 g/mol. The van der Waals surface area contributed by atoms with E-state index >= 15 is 0 Å². The van der Waals surface area contributed by atoms with Crippen molar-refractivity contribution in [3.8, 4) is 22.6 Å². The lowest BCUT2D eigenvalue weighted by Gasteiger charge is -2.27. The predicted molar refractivity (Wildman–Crippen MR) is 205 cm³/mol. The zero-order valence-corrected chi connectivity index (χ0v) is 31.2. The second-order valence-corrected chi connectivity index (χ2v) is 13.4. The lowest BCUT2D eigenvalue weighted by molar-refractivity contribution is -0.135. The Morgan fingerprint density at radius 1 is 0.759 bits per heavy atom. The molecule has 4 bridgehead atoms. The first-order chi connectivity index (χ1) is 25.9. The van der Waals surface area contributed by atoms with Gasteiger partial charge in [-0.1, -0.05) is 12.1 Å². The van der Waals surface area contributed by atoms with Crippen molar-refractivity contribution in [3.63, 3.8) is 0 Å². The van der Waals surface area contributed by atoms with Gasteiger partial charge in [0.2, 0.25) is 29.5 Å². The molecule has 1 aliphatic heterocycles. The monoisotopic (exact) mass is 754 g/mol. The first kappa shape index (κ1) is 43.6. The fraction of sp³-hybridized carbons (Fsp3) is 0.541. The molecular formula is C37H58N10O7. The van der Waals surface area contributed by atoms with Crippen LogP contribution in [0.2, 0.25) is 0 Å². The van der Waals surface area contributed by atoms with Gasteiger partial charge in [0.1, 0.15) is 35.7 Å². The number of phenols is 2. The Kier molecular flexibility index (Phi) is 18.1. The molecule has 0 aliphatic carbocycles. The number of hydrogen-bond donors (Lipinski definition) is 12. The van der Waals surface area contributed by atoms with Crippen LogP contribution in [0.4, 0.5) is 0 Å². The molecule has 54 heavy (non-hydrogen) atoms. The summed E-state index contributed by atoms with van der Waals surface area (Å²) in [5, 5.41) is 41.4. The van der Waals surface area contributed by atoms with Gasteiger partial charge in [0.05, 0.1) is 6.04 Å². The molecular weight excluding hydrogens is 696 g/mol. The SMILES string of the molecule is CNCCC[C@@H]1NC(=O)[C@@H](NC)Cc2cc(ccc2O)-c2ccc(O)c(c2)C[C@@H](C(=O)N[C@@H](CCCN)C(=O)N[C@@H](CCCN)C(=O)NCCN)NC1=O. The third-order valence-corrected chi connectivity index (χ3v) is 9.29. The number of rotatable bonds is 18. The maximum Gasteiger partial charge on any atom is 0.243 e. The molecule has 17 heteroatoms. The Balaban J connectivity index is 2.05. The number of fused-ring (bicyclic) bond motifs is 5. The van der Waals surface area contributed by atoms with Crippen molar-refractivity contribution >= 4 is 29.5 Å². The number of amides is 5. The third-order valence-electron chi connectivity index (χ3n) is 9.29. The van der Waals surface area contributed by atoms with Crippen LogP contribution in [0.25, 0.3) is 11.1 Å². The van der Waals surface area contributed by atoms with Crippen LogP contribution in [0.3, 0.4) is 0 Å². The van der Waals surface area contributed by atoms with Gasteiger partial charge in [-0.3, -0.25) is 24.0 Å². The Morgan fingerprint density at radius 3 is 1.91 bits per heavy atom. The minimum atomic E-state index is -1.32. The molecule has 2 aromatic carbocycles. The number of benzene rings is 2. The maximum absolute atomic E-state index is 14.2. The fourth-order valence-electron chi connectivity index (χ4n) is 6.17. The smallest absolute Gasteiger partial charge is 0.243 e. The summed E-state index contributed by atoms with van der Waals surface area (Å²) in [6.07, 6.45) is 1.83. The minimum absolute atomic E-state index is 0.00900. The van der Waals surface area contributed by atoms with E-state index in [-0.39, 0.29) is 63.2 Å². The first-order valence-electron chi connectivity index (χ1n) is 18.5. The van der Waals surface area contributed by atoms with Crippen molar-refractivity contribution in [2.75, 3.05) is 46.8 Å². The molecule has 2 aromatic rings. The van der Waals surface area contributed by atoms with Crippen molar-refractivity contribution in [3.05, 3.63) is 47.5 Å². The molecule has 15 N–H and O–H groups in total. The zero-order valence-electron chi connectivity index (χ0n) is 31.2. The normalized spacial score (nSPS) is 18.6. The molecule has 1 heterocycles. The van der Waals surface area contributed by atoms with Crippen LogP contribution in [0, 0.1) is 0 Å². The van der Waals surface area contributed by atoms with E-state index in [1.807, 2.05) is 0 Å². The second kappa shape index (κ2) is 22.4. The lowest BCUT2D eigenvalue weighted by atomic mass is 9.95. The number of phenolic OH excluding ortho intramolecular Hbond substituents is 2. The number of carbonyl (C=O) groups is 5. The van der Waals surface area contributed by atoms with Crippen LogP contribution in [-0.4, -0.2) is 117 Å². The van der Waals surface area contributed by atoms with Gasteiger partial charge in [-0.15, -0.1) is 0 Å². The van der Waals surface area contributed by atoms with Crippen molar-refractivity contribution < 1.29 is 34.2 Å². The Hall–Kier alpha value is -4.81. The summed E-state index contributed by atoms with van der Waals surface area (Å²) in [6.45, 7) is 1.47. The van der Waals surface area contributed by atoms with E-state index in [0.717, 1.165) is 0 Å². The third kappa shape index (κ3) is 12.9. The highest BCUT2D eigenvalue weighted by molar-refractivity contribution is 5.96. The highest BCUT2D eigenvalue weighted by atomic mass is 16.3. The Morgan fingerprint density at radius 2 is 1.35 bits per heavy atom. The van der Waals surface area contributed by atoms with Crippen LogP contribution in [0.5, 0.6) is 11.5 Å². The number of nitrogens with two attached hydrogens (primary N) is 3. The number of aromatic hydroxyl groups is 2. The molecule has 298 valence electrons. The van der Waals surface area contributed by atoms with Gasteiger partial charge in [-0.25, -0.2) is 0 Å². The number of hydrogen-bond acceptors (Lipinski definition) is 12. The first-order valence-corrected chi connectivity index (χ1v) is 18.5. The van der Waals surface area contributed by atoms with E-state index in [1.165, 1.54) is 12.1 Å². The van der Waals surface area contributed by atoms with Gasteiger partial charge < -0.3 is 64.6 Å². The molecule has 5 amide bonds. The van der Waals surface area contributed by atoms with E-state index in [0.29, 0.717) is 54.6 Å². The summed E-state index contributed by atoms with van der Waals surface area (Å²) in [4.78, 5) is 68.4. The van der Waals surface area contributed by atoms with Crippen LogP contribution in [-0.2, 0) is 36.8 Å². The summed E-state index contributed by atoms with van der Waals surface area (Å²) in [6, 6.07) is 4.52. The van der Waals surface area contributed by atoms with Crippen LogP contribution < -0.4 is 54.4 Å². The Bertz CT molecular complexity index is 1580. The average Bonchev–Trinajstić information content (AvgIpc) is 3.16. The lowest BCUT2D eigenvalue weighted by Crippen LogP contribution is -2.59. The summed E-state index contributed by atoms with van der Waals surface area (Å²) in [7, 11) is 3.37. The van der Waals surface area contributed by atoms with E-state index in [9.17, 15) is 34.2 Å². The van der Waals surface area contributed by atoms with Crippen LogP contribution >= 0.6 is 0 Å². The molecule has 0 fully saturated rings. The topological polar surface area (TPSA) is 288 Å². The van der Waals surface area contributed by atoms with Gasteiger partial charge in [0, 0.05) is 25.9 Å². The summed E-state index contributed by atoms with van der Waals surface area (Å²) >= 11 is 0. The zero-order chi connectivity index (χ0) is 39.6. The van der Waals surface area contributed by atoms with Crippen molar-refractivity contribution in [1.82, 2.24) is 37.2 Å². The van der Waals surface area contributed by atoms with Crippen LogP contribution in [0.1, 0.15) is 49.7 Å². The molecule has 0 unspecified atom stereocenters. The highest BCUT2D eigenvalue weighted by Crippen LogP contribution is 2.31. The summed E-state index contributed by atoms with van der Waals surface area (Å²) in [5.41, 5.74) is 19.1. The molecule has 17 nitrogen and oxygen atoms in total. The molecule has 0 aromatic heterocycles. The quantitative estimate of drug-likeness (QED) is 0.0733. The molecule has 0 saturated heterocycles. The molecule has 0 spiro atoms. The van der Waals surface area contributed by atoms with Crippen molar-refractivity contribution in [2.24, 2.45) is 17.2 Å². The highest BCUT2D eigenvalue weighted by Gasteiger charge is 2.33. The molecule has 1 aliphatic rings.